The number of nitrogens with one attached hydrogen (secondary N) is 2. The Morgan fingerprint density at radius 1 is 1.23 bits per heavy atom. The zero-order chi connectivity index (χ0) is 28.9. The van der Waals surface area contributed by atoms with Gasteiger partial charge in [0.25, 0.3) is 19.1 Å². The minimum absolute atomic E-state index is 0.0870. The van der Waals surface area contributed by atoms with Crippen LogP contribution in [0.2, 0.25) is 10.0 Å². The second kappa shape index (κ2) is 13.3. The average molecular weight is 629 g/mol. The van der Waals surface area contributed by atoms with Gasteiger partial charge < -0.3 is 15.1 Å². The van der Waals surface area contributed by atoms with E-state index in [1.807, 2.05) is 0 Å². The molecule has 3 aromatic rings. The quantitative estimate of drug-likeness (QED) is 0.200. The van der Waals surface area contributed by atoms with Crippen molar-refractivity contribution in [1.29, 1.82) is 5.26 Å². The molecule has 0 bridgehead atoms. The van der Waals surface area contributed by atoms with Crippen molar-refractivity contribution in [2.45, 2.75) is 30.5 Å². The Kier molecular flexibility index (Phi) is 10.1. The largest absolute Gasteiger partial charge is 0.379 e. The van der Waals surface area contributed by atoms with Crippen LogP contribution in [0.4, 0.5) is 20.3 Å². The van der Waals surface area contributed by atoms with E-state index in [1.54, 1.807) is 23.7 Å². The summed E-state index contributed by atoms with van der Waals surface area (Å²) in [6, 6.07) is 12.7. The molecule has 212 valence electrons. The maximum absolute atomic E-state index is 15.1. The number of nitriles is 1. The second-order valence-corrected chi connectivity index (χ2v) is 12.9. The van der Waals surface area contributed by atoms with Crippen LogP contribution in [0.5, 0.6) is 0 Å². The first-order chi connectivity index (χ1) is 19.1. The van der Waals surface area contributed by atoms with Crippen molar-refractivity contribution >= 4 is 65.1 Å². The number of halogens is 4. The van der Waals surface area contributed by atoms with Crippen LogP contribution in [0.1, 0.15) is 22.5 Å². The smallest absolute Gasteiger partial charge is 0.288 e. The lowest BCUT2D eigenvalue weighted by atomic mass is 10.2. The van der Waals surface area contributed by atoms with Gasteiger partial charge in [0.15, 0.2) is 0 Å². The summed E-state index contributed by atoms with van der Waals surface area (Å²) in [5, 5.41) is 20.4. The van der Waals surface area contributed by atoms with Crippen LogP contribution in [0, 0.1) is 18.3 Å². The van der Waals surface area contributed by atoms with Crippen molar-refractivity contribution in [2.24, 2.45) is 0 Å². The molecule has 2 heterocycles. The SMILES string of the molecule is Cc1nn(CCC#N)c(NC(=O)c2ccc(Cl)cc2Cl)c1[P@](=O)(Nc1ccc(SC(F)F)cc1)N1CCOCC1. The molecule has 1 atom stereocenters. The topological polar surface area (TPSA) is 112 Å². The molecule has 0 aliphatic carbocycles. The highest BCUT2D eigenvalue weighted by molar-refractivity contribution is 7.99. The van der Waals surface area contributed by atoms with Gasteiger partial charge in [-0.05, 0) is 49.4 Å². The number of ether oxygens (including phenoxy) is 1. The Bertz CT molecular complexity index is 1460. The van der Waals surface area contributed by atoms with Crippen LogP contribution < -0.4 is 15.7 Å². The number of hydrogen-bond acceptors (Lipinski definition) is 6. The fourth-order valence-corrected chi connectivity index (χ4v) is 7.91. The van der Waals surface area contributed by atoms with E-state index in [9.17, 15) is 18.8 Å². The van der Waals surface area contributed by atoms with Gasteiger partial charge in [-0.15, -0.1) is 0 Å². The predicted octanol–water partition coefficient (Wildman–Crippen LogP) is 6.24. The number of nitrogens with zero attached hydrogens (tertiary/aromatic N) is 4. The fourth-order valence-electron chi connectivity index (χ4n) is 4.21. The van der Waals surface area contributed by atoms with Crippen LogP contribution in [-0.2, 0) is 15.8 Å². The monoisotopic (exact) mass is 628 g/mol. The molecule has 1 amide bonds. The second-order valence-electron chi connectivity index (χ2n) is 8.65. The lowest BCUT2D eigenvalue weighted by Gasteiger charge is -2.35. The van der Waals surface area contributed by atoms with Crippen LogP contribution >= 0.6 is 42.4 Å². The molecular formula is C25H25Cl2F2N6O3PS. The average Bonchev–Trinajstić information content (AvgIpc) is 3.23. The standard InChI is InChI=1S/C25H25Cl2F2N6O3PS/c1-16-22(23(35(32-16)10-2-9-30)31-24(36)20-8-3-17(26)15-21(20)27)39(37,34-11-13-38-14-12-34)33-18-4-6-19(7-5-18)40-25(28)29/h3-8,15,25H,2,10-14H2,1H3,(H,31,36)(H,33,37)/t39-/m0/s1. The Balaban J connectivity index is 1.80. The molecule has 0 spiro atoms. The van der Waals surface area contributed by atoms with Gasteiger partial charge in [-0.3, -0.25) is 9.36 Å². The van der Waals surface area contributed by atoms with E-state index < -0.39 is 19.1 Å². The fraction of sp³-hybridized carbons (Fsp3) is 0.320. The van der Waals surface area contributed by atoms with E-state index in [0.717, 1.165) is 0 Å². The highest BCUT2D eigenvalue weighted by Gasteiger charge is 2.40. The van der Waals surface area contributed by atoms with Gasteiger partial charge in [0, 0.05) is 28.7 Å². The van der Waals surface area contributed by atoms with E-state index in [0.29, 0.717) is 59.4 Å². The first-order valence-electron chi connectivity index (χ1n) is 12.1. The minimum atomic E-state index is -3.75. The summed E-state index contributed by atoms with van der Waals surface area (Å²) >= 11 is 12.7. The van der Waals surface area contributed by atoms with E-state index in [2.05, 4.69) is 21.6 Å². The van der Waals surface area contributed by atoms with Gasteiger partial charge >= 0.3 is 0 Å². The van der Waals surface area contributed by atoms with Crippen molar-refractivity contribution < 1.29 is 22.9 Å². The van der Waals surface area contributed by atoms with E-state index in [1.165, 1.54) is 35.0 Å². The molecule has 4 rings (SSSR count). The zero-order valence-electron chi connectivity index (χ0n) is 21.2. The summed E-state index contributed by atoms with van der Waals surface area (Å²) in [4.78, 5) is 13.7. The Morgan fingerprint density at radius 3 is 2.55 bits per heavy atom. The highest BCUT2D eigenvalue weighted by Crippen LogP contribution is 2.51. The number of benzene rings is 2. The van der Waals surface area contributed by atoms with Gasteiger partial charge in [-0.1, -0.05) is 35.0 Å². The molecule has 0 radical (unpaired) electrons. The number of aromatic nitrogens is 2. The summed E-state index contributed by atoms with van der Waals surface area (Å²) in [6.07, 6.45) is 0.0870. The van der Waals surface area contributed by atoms with Crippen molar-refractivity contribution in [1.82, 2.24) is 14.5 Å². The number of anilines is 2. The van der Waals surface area contributed by atoms with Crippen LogP contribution in [0.15, 0.2) is 47.4 Å². The van der Waals surface area contributed by atoms with Crippen LogP contribution in [-0.4, -0.2) is 52.4 Å². The van der Waals surface area contributed by atoms with E-state index in [4.69, 9.17) is 27.9 Å². The lowest BCUT2D eigenvalue weighted by Crippen LogP contribution is -2.40. The number of aryl methyl sites for hydroxylation is 2. The van der Waals surface area contributed by atoms with Crippen molar-refractivity contribution in [3.05, 3.63) is 63.8 Å². The van der Waals surface area contributed by atoms with Gasteiger partial charge in [0.05, 0.1) is 48.5 Å². The normalized spacial score (nSPS) is 15.4. The van der Waals surface area contributed by atoms with E-state index >= 15 is 4.57 Å². The molecule has 40 heavy (non-hydrogen) atoms. The first kappa shape index (κ1) is 30.3. The van der Waals surface area contributed by atoms with E-state index in [-0.39, 0.29) is 34.7 Å². The third-order valence-corrected chi connectivity index (χ3v) is 10.2. The summed E-state index contributed by atoms with van der Waals surface area (Å²) in [6.45, 7) is 3.11. The molecule has 1 aliphatic heterocycles. The van der Waals surface area contributed by atoms with Gasteiger partial charge in [-0.25, -0.2) is 9.35 Å². The summed E-state index contributed by atoms with van der Waals surface area (Å²) < 4.78 is 49.4. The molecule has 2 N–H and O–H groups in total. The molecule has 1 saturated heterocycles. The minimum Gasteiger partial charge on any atom is -0.379 e. The van der Waals surface area contributed by atoms with Crippen molar-refractivity contribution in [2.75, 3.05) is 36.7 Å². The third-order valence-electron chi connectivity index (χ3n) is 5.99. The maximum Gasteiger partial charge on any atom is 0.288 e. The lowest BCUT2D eigenvalue weighted by molar-refractivity contribution is 0.0729. The Morgan fingerprint density at radius 2 is 1.93 bits per heavy atom. The van der Waals surface area contributed by atoms with Gasteiger partial charge in [0.1, 0.15) is 11.1 Å². The van der Waals surface area contributed by atoms with Crippen LogP contribution in [0.25, 0.3) is 0 Å². The predicted molar refractivity (Wildman–Crippen MR) is 153 cm³/mol. The van der Waals surface area contributed by atoms with Crippen molar-refractivity contribution in [3.63, 3.8) is 0 Å². The van der Waals surface area contributed by atoms with Gasteiger partial charge in [-0.2, -0.15) is 19.1 Å². The maximum atomic E-state index is 15.1. The Hall–Kier alpha value is -2.65. The zero-order valence-corrected chi connectivity index (χ0v) is 24.5. The number of thioether (sulfide) groups is 1. The molecule has 1 aliphatic rings. The van der Waals surface area contributed by atoms with Crippen LogP contribution in [0.3, 0.4) is 0 Å². The number of rotatable bonds is 10. The summed E-state index contributed by atoms with van der Waals surface area (Å²) in [5.41, 5.74) is 0.947. The number of carbonyl (C=O) groups is 1. The molecule has 1 aromatic heterocycles. The molecule has 0 unspecified atom stereocenters. The first-order valence-corrected chi connectivity index (χ1v) is 15.4. The number of alkyl halides is 2. The molecule has 0 saturated carbocycles. The number of hydrogen-bond donors (Lipinski definition) is 2. The molecule has 1 fully saturated rings. The third kappa shape index (κ3) is 6.97. The number of carbonyl (C=O) groups excluding carboxylic acids is 1. The molecule has 15 heteroatoms. The molecule has 9 nitrogen and oxygen atoms in total. The molecular weight excluding hydrogens is 604 g/mol. The highest BCUT2D eigenvalue weighted by atomic mass is 35.5. The molecule has 2 aromatic carbocycles. The summed E-state index contributed by atoms with van der Waals surface area (Å²) in [7, 11) is -3.75. The van der Waals surface area contributed by atoms with Crippen molar-refractivity contribution in [3.8, 4) is 6.07 Å². The summed E-state index contributed by atoms with van der Waals surface area (Å²) in [5.74, 6) is -3.00. The van der Waals surface area contributed by atoms with Gasteiger partial charge in [0.2, 0.25) is 0 Å². The number of morpholine rings is 1. The number of amides is 1. The Labute approximate surface area is 244 Å².